The van der Waals surface area contributed by atoms with Gasteiger partial charge in [0.25, 0.3) is 0 Å². The van der Waals surface area contributed by atoms with E-state index in [1.165, 1.54) is 11.3 Å². The van der Waals surface area contributed by atoms with E-state index in [1.54, 1.807) is 37.3 Å². The second-order valence-corrected chi connectivity index (χ2v) is 7.66. The maximum Gasteiger partial charge on any atom is 0.349 e. The Labute approximate surface area is 165 Å². The third-order valence-corrected chi connectivity index (χ3v) is 5.75. The highest BCUT2D eigenvalue weighted by atomic mass is 35.5. The molecule has 1 atom stereocenters. The monoisotopic (exact) mass is 398 g/mol. The maximum absolute atomic E-state index is 12.5. The molecule has 2 heterocycles. The lowest BCUT2D eigenvalue weighted by Crippen LogP contribution is -2.24. The van der Waals surface area contributed by atoms with Crippen LogP contribution in [0.4, 0.5) is 0 Å². The van der Waals surface area contributed by atoms with Gasteiger partial charge in [-0.1, -0.05) is 23.7 Å². The van der Waals surface area contributed by atoms with E-state index >= 15 is 0 Å². The minimum Gasteiger partial charge on any atom is -0.488 e. The Morgan fingerprint density at radius 1 is 1.15 bits per heavy atom. The maximum atomic E-state index is 12.5. The Balaban J connectivity index is 1.52. The Hall–Kier alpha value is -2.63. The summed E-state index contributed by atoms with van der Waals surface area (Å²) >= 11 is 7.19. The molecule has 1 aliphatic rings. The summed E-state index contributed by atoms with van der Waals surface area (Å²) in [4.78, 5) is 26.4. The molecule has 4 nitrogen and oxygen atoms in total. The summed E-state index contributed by atoms with van der Waals surface area (Å²) in [6.07, 6.45) is -0.888. The molecule has 3 aromatic rings. The highest BCUT2D eigenvalue weighted by molar-refractivity contribution is 7.17. The van der Waals surface area contributed by atoms with E-state index in [4.69, 9.17) is 21.1 Å². The highest BCUT2D eigenvalue weighted by Gasteiger charge is 2.25. The van der Waals surface area contributed by atoms with Crippen molar-refractivity contribution in [1.82, 2.24) is 0 Å². The van der Waals surface area contributed by atoms with Gasteiger partial charge in [0, 0.05) is 26.6 Å². The number of hydrogen-bond donors (Lipinski definition) is 0. The molecule has 0 spiro atoms. The van der Waals surface area contributed by atoms with Gasteiger partial charge in [-0.15, -0.1) is 11.3 Å². The molecule has 0 saturated carbocycles. The van der Waals surface area contributed by atoms with Gasteiger partial charge < -0.3 is 9.47 Å². The van der Waals surface area contributed by atoms with Gasteiger partial charge >= 0.3 is 5.97 Å². The van der Waals surface area contributed by atoms with Crippen LogP contribution in [0.25, 0.3) is 10.4 Å². The van der Waals surface area contributed by atoms with E-state index in [0.29, 0.717) is 22.1 Å². The van der Waals surface area contributed by atoms with Gasteiger partial charge in [0.15, 0.2) is 6.10 Å². The normalized spacial score (nSPS) is 13.1. The van der Waals surface area contributed by atoms with Gasteiger partial charge in [0.05, 0.1) is 0 Å². The molecule has 0 N–H and O–H groups in total. The first-order valence-electron chi connectivity index (χ1n) is 8.38. The third kappa shape index (κ3) is 3.48. The minimum atomic E-state index is -0.888. The van der Waals surface area contributed by atoms with Crippen LogP contribution in [0.3, 0.4) is 0 Å². The van der Waals surface area contributed by atoms with E-state index in [9.17, 15) is 9.59 Å². The van der Waals surface area contributed by atoms with Crippen LogP contribution in [0.1, 0.15) is 32.5 Å². The summed E-state index contributed by atoms with van der Waals surface area (Å²) in [6.45, 7) is 1.98. The van der Waals surface area contributed by atoms with Gasteiger partial charge in [-0.2, -0.15) is 0 Å². The Bertz CT molecular complexity index is 1020. The molecule has 1 aromatic heterocycles. The number of ether oxygens (including phenoxy) is 2. The van der Waals surface area contributed by atoms with Crippen LogP contribution in [-0.4, -0.2) is 17.9 Å². The van der Waals surface area contributed by atoms with Crippen molar-refractivity contribution in [2.24, 2.45) is 0 Å². The fraction of sp³-hybridized carbons (Fsp3) is 0.143. The van der Waals surface area contributed by atoms with Crippen molar-refractivity contribution < 1.29 is 19.1 Å². The quantitative estimate of drug-likeness (QED) is 0.436. The number of thiophene rings is 1. The first kappa shape index (κ1) is 17.8. The predicted octanol–water partition coefficient (Wildman–Crippen LogP) is 5.39. The summed E-state index contributed by atoms with van der Waals surface area (Å²) in [5.74, 6) is 0.0229. The standard InChI is InChI=1S/C21H15ClO4S/c1-12(19(23)13-6-8-15(22)9-7-13)26-21(24)18-10-14-11-25-17-5-3-2-4-16(17)20(14)27-18/h2-10,12H,11H2,1H3/t12-/m0/s1. The van der Waals surface area contributed by atoms with Crippen molar-refractivity contribution >= 4 is 34.7 Å². The molecule has 1 aliphatic heterocycles. The average Bonchev–Trinajstić information content (AvgIpc) is 3.13. The number of fused-ring (bicyclic) bond motifs is 3. The van der Waals surface area contributed by atoms with E-state index < -0.39 is 12.1 Å². The molecular formula is C21H15ClO4S. The van der Waals surface area contributed by atoms with Crippen molar-refractivity contribution in [3.8, 4) is 16.2 Å². The number of para-hydroxylation sites is 1. The number of carbonyl (C=O) groups is 2. The summed E-state index contributed by atoms with van der Waals surface area (Å²) in [5.41, 5.74) is 2.36. The summed E-state index contributed by atoms with van der Waals surface area (Å²) in [6, 6.07) is 16.0. The van der Waals surface area contributed by atoms with Gasteiger partial charge in [0.2, 0.25) is 5.78 Å². The largest absolute Gasteiger partial charge is 0.488 e. The molecular weight excluding hydrogens is 384 g/mol. The molecule has 4 rings (SSSR count). The van der Waals surface area contributed by atoms with Crippen LogP contribution < -0.4 is 4.74 Å². The smallest absolute Gasteiger partial charge is 0.349 e. The third-order valence-electron chi connectivity index (χ3n) is 4.31. The van der Waals surface area contributed by atoms with Gasteiger partial charge in [-0.3, -0.25) is 4.79 Å². The zero-order chi connectivity index (χ0) is 19.0. The lowest BCUT2D eigenvalue weighted by molar-refractivity contribution is 0.0323. The predicted molar refractivity (Wildman–Crippen MR) is 105 cm³/mol. The number of hydrogen-bond acceptors (Lipinski definition) is 5. The van der Waals surface area contributed by atoms with Crippen LogP contribution >= 0.6 is 22.9 Å². The molecule has 6 heteroatoms. The zero-order valence-electron chi connectivity index (χ0n) is 14.4. The summed E-state index contributed by atoms with van der Waals surface area (Å²) in [7, 11) is 0. The Kier molecular flexibility index (Phi) is 4.72. The van der Waals surface area contributed by atoms with Gasteiger partial charge in [0.1, 0.15) is 17.2 Å². The van der Waals surface area contributed by atoms with Crippen molar-refractivity contribution in [2.75, 3.05) is 0 Å². The fourth-order valence-electron chi connectivity index (χ4n) is 2.92. The average molecular weight is 399 g/mol. The molecule has 0 amide bonds. The summed E-state index contributed by atoms with van der Waals surface area (Å²) < 4.78 is 11.1. The SMILES string of the molecule is C[C@H](OC(=O)c1cc2c(s1)-c1ccccc1OC2)C(=O)c1ccc(Cl)cc1. The highest BCUT2D eigenvalue weighted by Crippen LogP contribution is 2.42. The van der Waals surface area contributed by atoms with E-state index in [-0.39, 0.29) is 5.78 Å². The summed E-state index contributed by atoms with van der Waals surface area (Å²) in [5, 5.41) is 0.544. The molecule has 0 fully saturated rings. The fourth-order valence-corrected chi connectivity index (χ4v) is 4.13. The molecule has 136 valence electrons. The number of halogens is 1. The number of carbonyl (C=O) groups excluding carboxylic acids is 2. The second-order valence-electron chi connectivity index (χ2n) is 6.17. The van der Waals surface area contributed by atoms with Crippen LogP contribution in [0, 0.1) is 0 Å². The van der Waals surface area contributed by atoms with Crippen molar-refractivity contribution in [2.45, 2.75) is 19.6 Å². The Morgan fingerprint density at radius 3 is 2.67 bits per heavy atom. The Morgan fingerprint density at radius 2 is 1.89 bits per heavy atom. The second kappa shape index (κ2) is 7.18. The van der Waals surface area contributed by atoms with Crippen LogP contribution in [0.15, 0.2) is 54.6 Å². The van der Waals surface area contributed by atoms with Crippen molar-refractivity contribution in [3.05, 3.63) is 75.6 Å². The van der Waals surface area contributed by atoms with Crippen molar-refractivity contribution in [3.63, 3.8) is 0 Å². The van der Waals surface area contributed by atoms with Gasteiger partial charge in [-0.05, 0) is 49.4 Å². The van der Waals surface area contributed by atoms with E-state index in [2.05, 4.69) is 0 Å². The first-order chi connectivity index (χ1) is 13.0. The lowest BCUT2D eigenvalue weighted by Gasteiger charge is -2.16. The molecule has 0 saturated heterocycles. The van der Waals surface area contributed by atoms with Crippen LogP contribution in [0.2, 0.25) is 5.02 Å². The first-order valence-corrected chi connectivity index (χ1v) is 9.58. The van der Waals surface area contributed by atoms with Crippen LogP contribution in [0.5, 0.6) is 5.75 Å². The molecule has 27 heavy (non-hydrogen) atoms. The number of ketones is 1. The van der Waals surface area contributed by atoms with Crippen LogP contribution in [-0.2, 0) is 11.3 Å². The molecule has 0 bridgehead atoms. The molecule has 2 aromatic carbocycles. The number of rotatable bonds is 4. The number of benzene rings is 2. The lowest BCUT2D eigenvalue weighted by atomic mass is 10.1. The topological polar surface area (TPSA) is 52.6 Å². The van der Waals surface area contributed by atoms with E-state index in [1.807, 2.05) is 24.3 Å². The molecule has 0 radical (unpaired) electrons. The molecule has 0 unspecified atom stereocenters. The molecule has 0 aliphatic carbocycles. The minimum absolute atomic E-state index is 0.269. The van der Waals surface area contributed by atoms with Crippen molar-refractivity contribution in [1.29, 1.82) is 0 Å². The number of esters is 1. The zero-order valence-corrected chi connectivity index (χ0v) is 16.0. The number of Topliss-reactive ketones (excluding diaryl/α,β-unsaturated/α-hetero) is 1. The van der Waals surface area contributed by atoms with Gasteiger partial charge in [-0.25, -0.2) is 4.79 Å². The van der Waals surface area contributed by atoms with E-state index in [0.717, 1.165) is 21.8 Å².